The van der Waals surface area contributed by atoms with Crippen LogP contribution in [0.1, 0.15) is 18.4 Å². The fourth-order valence-electron chi connectivity index (χ4n) is 1.81. The van der Waals surface area contributed by atoms with Crippen LogP contribution >= 0.6 is 11.6 Å². The Labute approximate surface area is 89.0 Å². The minimum absolute atomic E-state index is 0.329. The van der Waals surface area contributed by atoms with E-state index in [1.807, 2.05) is 18.2 Å². The number of benzene rings is 1. The fraction of sp³-hybridized carbons (Fsp3) is 0.455. The van der Waals surface area contributed by atoms with Gasteiger partial charge in [-0.3, -0.25) is 0 Å². The SMILES string of the molecule is Nc1c(Cl)cccc1CC1CCCO1. The van der Waals surface area contributed by atoms with E-state index < -0.39 is 0 Å². The van der Waals surface area contributed by atoms with Crippen molar-refractivity contribution in [2.24, 2.45) is 0 Å². The van der Waals surface area contributed by atoms with Gasteiger partial charge in [0.15, 0.2) is 0 Å². The van der Waals surface area contributed by atoms with Gasteiger partial charge in [-0.15, -0.1) is 0 Å². The van der Waals surface area contributed by atoms with Crippen LogP contribution < -0.4 is 5.73 Å². The van der Waals surface area contributed by atoms with Crippen LogP contribution in [0.5, 0.6) is 0 Å². The first-order valence-corrected chi connectivity index (χ1v) is 5.29. The van der Waals surface area contributed by atoms with Crippen LogP contribution in [-0.4, -0.2) is 12.7 Å². The molecule has 3 heteroatoms. The summed E-state index contributed by atoms with van der Waals surface area (Å²) in [4.78, 5) is 0. The molecular weight excluding hydrogens is 198 g/mol. The van der Waals surface area contributed by atoms with E-state index in [2.05, 4.69) is 0 Å². The van der Waals surface area contributed by atoms with Crippen molar-refractivity contribution in [1.29, 1.82) is 0 Å². The van der Waals surface area contributed by atoms with Crippen LogP contribution in [0.15, 0.2) is 18.2 Å². The Balaban J connectivity index is 2.11. The maximum Gasteiger partial charge on any atom is 0.0638 e. The topological polar surface area (TPSA) is 35.2 Å². The van der Waals surface area contributed by atoms with Crippen LogP contribution in [0.2, 0.25) is 5.02 Å². The van der Waals surface area contributed by atoms with E-state index in [1.165, 1.54) is 0 Å². The largest absolute Gasteiger partial charge is 0.397 e. The second kappa shape index (κ2) is 4.20. The first-order chi connectivity index (χ1) is 6.77. The van der Waals surface area contributed by atoms with Gasteiger partial charge >= 0.3 is 0 Å². The maximum absolute atomic E-state index is 5.93. The number of hydrogen-bond acceptors (Lipinski definition) is 2. The third kappa shape index (κ3) is 2.02. The van der Waals surface area contributed by atoms with E-state index >= 15 is 0 Å². The summed E-state index contributed by atoms with van der Waals surface area (Å²) in [7, 11) is 0. The molecule has 0 bridgehead atoms. The van der Waals surface area contributed by atoms with Crippen molar-refractivity contribution in [3.05, 3.63) is 28.8 Å². The molecule has 1 heterocycles. The Morgan fingerprint density at radius 1 is 1.50 bits per heavy atom. The number of nitrogen functional groups attached to an aromatic ring is 1. The van der Waals surface area contributed by atoms with Gasteiger partial charge in [-0.25, -0.2) is 0 Å². The Kier molecular flexibility index (Phi) is 2.94. The first kappa shape index (κ1) is 9.81. The normalized spacial score (nSPS) is 21.4. The molecule has 0 radical (unpaired) electrons. The molecule has 14 heavy (non-hydrogen) atoms. The number of para-hydroxylation sites is 1. The molecule has 1 aliphatic heterocycles. The number of hydrogen-bond donors (Lipinski definition) is 1. The van der Waals surface area contributed by atoms with Gasteiger partial charge in [0.25, 0.3) is 0 Å². The lowest BCUT2D eigenvalue weighted by molar-refractivity contribution is 0.111. The predicted octanol–water partition coefficient (Wildman–Crippen LogP) is 2.64. The minimum Gasteiger partial charge on any atom is -0.397 e. The highest BCUT2D eigenvalue weighted by atomic mass is 35.5. The highest BCUT2D eigenvalue weighted by Gasteiger charge is 2.17. The van der Waals surface area contributed by atoms with Gasteiger partial charge < -0.3 is 10.5 Å². The summed E-state index contributed by atoms with van der Waals surface area (Å²) in [5.74, 6) is 0. The second-order valence-corrected chi connectivity index (χ2v) is 4.06. The molecule has 0 aromatic heterocycles. The fourth-order valence-corrected chi connectivity index (χ4v) is 2.00. The van der Waals surface area contributed by atoms with Gasteiger partial charge in [-0.2, -0.15) is 0 Å². The second-order valence-electron chi connectivity index (χ2n) is 3.65. The lowest BCUT2D eigenvalue weighted by atomic mass is 10.0. The van der Waals surface area contributed by atoms with Crippen molar-refractivity contribution in [2.75, 3.05) is 12.3 Å². The monoisotopic (exact) mass is 211 g/mol. The summed E-state index contributed by atoms with van der Waals surface area (Å²) in [6.45, 7) is 0.880. The minimum atomic E-state index is 0.329. The molecule has 1 aliphatic rings. The van der Waals surface area contributed by atoms with Crippen molar-refractivity contribution in [1.82, 2.24) is 0 Å². The highest BCUT2D eigenvalue weighted by Crippen LogP contribution is 2.26. The molecule has 0 spiro atoms. The van der Waals surface area contributed by atoms with Crippen LogP contribution in [0.4, 0.5) is 5.69 Å². The maximum atomic E-state index is 5.93. The summed E-state index contributed by atoms with van der Waals surface area (Å²) in [6, 6.07) is 5.77. The molecule has 0 saturated carbocycles. The van der Waals surface area contributed by atoms with E-state index in [4.69, 9.17) is 22.1 Å². The lowest BCUT2D eigenvalue weighted by Crippen LogP contribution is -2.10. The van der Waals surface area contributed by atoms with Gasteiger partial charge in [0, 0.05) is 13.0 Å². The summed E-state index contributed by atoms with van der Waals surface area (Å²) < 4.78 is 5.55. The number of ether oxygens (including phenoxy) is 1. The lowest BCUT2D eigenvalue weighted by Gasteiger charge is -2.11. The van der Waals surface area contributed by atoms with E-state index in [0.29, 0.717) is 16.8 Å². The summed E-state index contributed by atoms with van der Waals surface area (Å²) in [5.41, 5.74) is 7.67. The molecule has 1 unspecified atom stereocenters. The zero-order valence-corrected chi connectivity index (χ0v) is 8.76. The number of anilines is 1. The first-order valence-electron chi connectivity index (χ1n) is 4.92. The van der Waals surface area contributed by atoms with E-state index in [1.54, 1.807) is 0 Å². The molecule has 1 aromatic carbocycles. The van der Waals surface area contributed by atoms with Gasteiger partial charge in [0.2, 0.25) is 0 Å². The molecule has 76 valence electrons. The molecule has 1 aromatic rings. The number of halogens is 1. The Bertz CT molecular complexity index is 321. The average Bonchev–Trinajstić information content (AvgIpc) is 2.66. The molecule has 1 fully saturated rings. The molecule has 1 saturated heterocycles. The van der Waals surface area contributed by atoms with E-state index in [0.717, 1.165) is 31.4 Å². The molecule has 1 atom stereocenters. The van der Waals surface area contributed by atoms with Crippen molar-refractivity contribution in [2.45, 2.75) is 25.4 Å². The van der Waals surface area contributed by atoms with Crippen molar-refractivity contribution in [3.63, 3.8) is 0 Å². The zero-order valence-electron chi connectivity index (χ0n) is 8.00. The predicted molar refractivity (Wildman–Crippen MR) is 58.5 cm³/mol. The van der Waals surface area contributed by atoms with Crippen LogP contribution in [0, 0.1) is 0 Å². The summed E-state index contributed by atoms with van der Waals surface area (Å²) in [6.07, 6.45) is 3.50. The highest BCUT2D eigenvalue weighted by molar-refractivity contribution is 6.33. The van der Waals surface area contributed by atoms with Gasteiger partial charge in [0.1, 0.15) is 0 Å². The Hall–Kier alpha value is -0.730. The van der Waals surface area contributed by atoms with E-state index in [9.17, 15) is 0 Å². The van der Waals surface area contributed by atoms with Crippen LogP contribution in [0.3, 0.4) is 0 Å². The van der Waals surface area contributed by atoms with Crippen molar-refractivity contribution in [3.8, 4) is 0 Å². The molecular formula is C11H14ClNO. The van der Waals surface area contributed by atoms with Crippen molar-refractivity contribution < 1.29 is 4.74 Å². The Morgan fingerprint density at radius 2 is 2.36 bits per heavy atom. The third-order valence-electron chi connectivity index (χ3n) is 2.61. The van der Waals surface area contributed by atoms with Crippen molar-refractivity contribution >= 4 is 17.3 Å². The molecule has 2 N–H and O–H groups in total. The number of rotatable bonds is 2. The summed E-state index contributed by atoms with van der Waals surface area (Å²) in [5, 5.41) is 0.639. The van der Waals surface area contributed by atoms with Gasteiger partial charge in [-0.05, 0) is 24.5 Å². The molecule has 0 aliphatic carbocycles. The van der Waals surface area contributed by atoms with Gasteiger partial charge in [-0.1, -0.05) is 23.7 Å². The zero-order chi connectivity index (χ0) is 9.97. The number of nitrogens with two attached hydrogens (primary N) is 1. The van der Waals surface area contributed by atoms with Crippen LogP contribution in [0.25, 0.3) is 0 Å². The summed E-state index contributed by atoms with van der Waals surface area (Å²) >= 11 is 5.93. The van der Waals surface area contributed by atoms with Crippen LogP contribution in [-0.2, 0) is 11.2 Å². The average molecular weight is 212 g/mol. The molecule has 0 amide bonds. The quantitative estimate of drug-likeness (QED) is 0.764. The standard InChI is InChI=1S/C11H14ClNO/c12-10-5-1-3-8(11(10)13)7-9-4-2-6-14-9/h1,3,5,9H,2,4,6-7,13H2. The van der Waals surface area contributed by atoms with E-state index in [-0.39, 0.29) is 0 Å². The molecule has 2 nitrogen and oxygen atoms in total. The van der Waals surface area contributed by atoms with Gasteiger partial charge in [0.05, 0.1) is 16.8 Å². The Morgan fingerprint density at radius 3 is 3.07 bits per heavy atom. The smallest absolute Gasteiger partial charge is 0.0638 e. The molecule has 2 rings (SSSR count). The third-order valence-corrected chi connectivity index (χ3v) is 2.94.